The number of carboxylic acid groups (broad SMARTS) is 1. The lowest BCUT2D eigenvalue weighted by Crippen LogP contribution is -2.39. The zero-order valence-electron chi connectivity index (χ0n) is 21.6. The summed E-state index contributed by atoms with van der Waals surface area (Å²) in [5, 5.41) is 10.3. The number of aliphatic carboxylic acids is 1. The van der Waals surface area contributed by atoms with Gasteiger partial charge in [0.25, 0.3) is 0 Å². The first kappa shape index (κ1) is 27.3. The highest BCUT2D eigenvalue weighted by Gasteiger charge is 2.43. The fourth-order valence-corrected chi connectivity index (χ4v) is 6.21. The molecule has 0 amide bonds. The van der Waals surface area contributed by atoms with Crippen molar-refractivity contribution in [3.8, 4) is 11.5 Å². The largest absolute Gasteiger partial charge is 0.493 e. The van der Waals surface area contributed by atoms with E-state index in [1.807, 2.05) is 17.0 Å². The number of hydrogen-bond donors (Lipinski definition) is 1. The molecule has 2 aromatic rings. The third-order valence-corrected chi connectivity index (χ3v) is 8.05. The first-order chi connectivity index (χ1) is 18.8. The van der Waals surface area contributed by atoms with Crippen LogP contribution >= 0.6 is 23.2 Å². The number of carboxylic acids is 1. The highest BCUT2D eigenvalue weighted by Crippen LogP contribution is 2.51. The number of Topliss-reactive ketones (excluding diaryl/α,β-unsaturated/α-hetero) is 2. The van der Waals surface area contributed by atoms with Crippen LogP contribution in [-0.4, -0.2) is 41.2 Å². The summed E-state index contributed by atoms with van der Waals surface area (Å²) in [4.78, 5) is 40.2. The van der Waals surface area contributed by atoms with E-state index in [0.717, 1.165) is 17.0 Å². The summed E-state index contributed by atoms with van der Waals surface area (Å²) in [5.41, 5.74) is 4.36. The van der Waals surface area contributed by atoms with Crippen molar-refractivity contribution in [2.75, 3.05) is 13.7 Å². The average Bonchev–Trinajstić information content (AvgIpc) is 2.91. The van der Waals surface area contributed by atoms with E-state index in [0.29, 0.717) is 76.8 Å². The Morgan fingerprint density at radius 2 is 1.59 bits per heavy atom. The van der Waals surface area contributed by atoms with Crippen molar-refractivity contribution in [1.82, 2.24) is 4.90 Å². The van der Waals surface area contributed by atoms with Gasteiger partial charge < -0.3 is 19.5 Å². The van der Waals surface area contributed by atoms with Gasteiger partial charge in [-0.05, 0) is 61.1 Å². The van der Waals surface area contributed by atoms with E-state index in [1.165, 1.54) is 7.11 Å². The van der Waals surface area contributed by atoms with Gasteiger partial charge in [0.15, 0.2) is 23.1 Å². The Bertz CT molecular complexity index is 1350. The molecule has 1 heterocycles. The SMILES string of the molecule is COc1cc(C2C3=C(CCCC3=O)N(CCC(=O)O)C3=C2C(=O)CCC3)cc(Cl)c1OCc1ccc(Cl)cc1. The van der Waals surface area contributed by atoms with Crippen molar-refractivity contribution in [3.05, 3.63) is 80.1 Å². The predicted octanol–water partition coefficient (Wildman–Crippen LogP) is 6.47. The van der Waals surface area contributed by atoms with Crippen LogP contribution in [0.2, 0.25) is 10.0 Å². The third-order valence-electron chi connectivity index (χ3n) is 7.52. The number of methoxy groups -OCH3 is 1. The molecular weight excluding hydrogens is 541 g/mol. The molecule has 9 heteroatoms. The maximum atomic E-state index is 13.4. The van der Waals surface area contributed by atoms with Crippen molar-refractivity contribution < 1.29 is 29.0 Å². The average molecular weight is 570 g/mol. The van der Waals surface area contributed by atoms with Crippen LogP contribution in [0.25, 0.3) is 0 Å². The molecule has 5 rings (SSSR count). The van der Waals surface area contributed by atoms with Crippen LogP contribution < -0.4 is 9.47 Å². The number of ketones is 2. The van der Waals surface area contributed by atoms with Crippen LogP contribution in [0.15, 0.2) is 58.9 Å². The van der Waals surface area contributed by atoms with E-state index in [9.17, 15) is 19.5 Å². The lowest BCUT2D eigenvalue weighted by atomic mass is 9.71. The van der Waals surface area contributed by atoms with E-state index in [4.69, 9.17) is 32.7 Å². The van der Waals surface area contributed by atoms with Gasteiger partial charge in [-0.15, -0.1) is 0 Å². The van der Waals surface area contributed by atoms with Gasteiger partial charge in [0.1, 0.15) is 6.61 Å². The smallest absolute Gasteiger partial charge is 0.305 e. The Hall–Kier alpha value is -3.29. The first-order valence-corrected chi connectivity index (χ1v) is 13.8. The minimum atomic E-state index is -0.920. The fraction of sp³-hybridized carbons (Fsp3) is 0.367. The highest BCUT2D eigenvalue weighted by atomic mass is 35.5. The quantitative estimate of drug-likeness (QED) is 0.389. The standard InChI is InChI=1S/C30H29Cl2NO6/c1-38-25-15-18(14-20(32)30(25)39-16-17-8-10-19(31)11-9-17)27-28-21(4-2-6-23(28)34)33(13-12-26(36)37)22-5-3-7-24(35)29(22)27/h8-11,14-15,27H,2-7,12-13,16H2,1H3,(H,36,37). The third kappa shape index (κ3) is 5.43. The number of hydrogen-bond acceptors (Lipinski definition) is 6. The second-order valence-corrected chi connectivity index (χ2v) is 10.8. The first-order valence-electron chi connectivity index (χ1n) is 13.0. The highest BCUT2D eigenvalue weighted by molar-refractivity contribution is 6.32. The summed E-state index contributed by atoms with van der Waals surface area (Å²) >= 11 is 12.7. The molecule has 0 aromatic heterocycles. The number of carbonyl (C=O) groups excluding carboxylic acids is 2. The number of ether oxygens (including phenoxy) is 2. The Labute approximate surface area is 237 Å². The Morgan fingerprint density at radius 3 is 2.15 bits per heavy atom. The van der Waals surface area contributed by atoms with Crippen molar-refractivity contribution in [2.24, 2.45) is 0 Å². The van der Waals surface area contributed by atoms with Crippen LogP contribution in [-0.2, 0) is 21.0 Å². The van der Waals surface area contributed by atoms with E-state index in [2.05, 4.69) is 0 Å². The van der Waals surface area contributed by atoms with Gasteiger partial charge in [-0.1, -0.05) is 35.3 Å². The van der Waals surface area contributed by atoms with Crippen LogP contribution in [0.1, 0.15) is 62.0 Å². The minimum absolute atomic E-state index is 0.0235. The molecule has 0 fully saturated rings. The van der Waals surface area contributed by atoms with Crippen molar-refractivity contribution in [3.63, 3.8) is 0 Å². The molecule has 0 atom stereocenters. The van der Waals surface area contributed by atoms with Crippen molar-refractivity contribution in [2.45, 2.75) is 57.5 Å². The molecule has 0 bridgehead atoms. The maximum Gasteiger partial charge on any atom is 0.305 e. The van der Waals surface area contributed by atoms with Crippen LogP contribution in [0.3, 0.4) is 0 Å². The van der Waals surface area contributed by atoms with E-state index in [1.54, 1.807) is 24.3 Å². The van der Waals surface area contributed by atoms with E-state index >= 15 is 0 Å². The van der Waals surface area contributed by atoms with Crippen LogP contribution in [0.4, 0.5) is 0 Å². The number of carbonyl (C=O) groups is 3. The van der Waals surface area contributed by atoms with Gasteiger partial charge in [-0.2, -0.15) is 0 Å². The minimum Gasteiger partial charge on any atom is -0.493 e. The molecule has 2 aliphatic carbocycles. The number of benzene rings is 2. The number of halogens is 2. The topological polar surface area (TPSA) is 93.1 Å². The second kappa shape index (κ2) is 11.4. The summed E-state index contributed by atoms with van der Waals surface area (Å²) in [6.45, 7) is 0.470. The van der Waals surface area contributed by atoms with Gasteiger partial charge >= 0.3 is 5.97 Å². The summed E-state index contributed by atoms with van der Waals surface area (Å²) in [6, 6.07) is 10.8. The van der Waals surface area contributed by atoms with Gasteiger partial charge in [0.05, 0.1) is 18.6 Å². The summed E-state index contributed by atoms with van der Waals surface area (Å²) in [5.74, 6) is -0.792. The second-order valence-electron chi connectivity index (χ2n) is 9.95. The lowest BCUT2D eigenvalue weighted by Gasteiger charge is -2.44. The molecule has 2 aromatic carbocycles. The zero-order chi connectivity index (χ0) is 27.7. The number of allylic oxidation sites excluding steroid dienone is 4. The van der Waals surface area contributed by atoms with Gasteiger partial charge in [0.2, 0.25) is 0 Å². The summed E-state index contributed by atoms with van der Waals surface area (Å²) < 4.78 is 11.7. The van der Waals surface area contributed by atoms with Gasteiger partial charge in [-0.25, -0.2) is 0 Å². The molecule has 0 spiro atoms. The van der Waals surface area contributed by atoms with Crippen molar-refractivity contribution in [1.29, 1.82) is 0 Å². The fourth-order valence-electron chi connectivity index (χ4n) is 5.81. The predicted molar refractivity (Wildman–Crippen MR) is 147 cm³/mol. The van der Waals surface area contributed by atoms with Gasteiger partial charge in [0, 0.05) is 52.9 Å². The van der Waals surface area contributed by atoms with Crippen molar-refractivity contribution >= 4 is 40.7 Å². The summed E-state index contributed by atoms with van der Waals surface area (Å²) in [6.07, 6.45) is 3.35. The molecule has 7 nitrogen and oxygen atoms in total. The number of nitrogens with zero attached hydrogens (tertiary/aromatic N) is 1. The van der Waals surface area contributed by atoms with Crippen LogP contribution in [0, 0.1) is 0 Å². The molecule has 0 saturated heterocycles. The normalized spacial score (nSPS) is 17.8. The monoisotopic (exact) mass is 569 g/mol. The summed E-state index contributed by atoms with van der Waals surface area (Å²) in [7, 11) is 1.52. The number of rotatable bonds is 8. The molecule has 39 heavy (non-hydrogen) atoms. The molecule has 3 aliphatic rings. The molecule has 204 valence electrons. The molecule has 0 saturated carbocycles. The Balaban J connectivity index is 1.58. The Kier molecular flexibility index (Phi) is 8.01. The van der Waals surface area contributed by atoms with E-state index < -0.39 is 11.9 Å². The van der Waals surface area contributed by atoms with Gasteiger partial charge in [-0.3, -0.25) is 14.4 Å². The van der Waals surface area contributed by atoms with Crippen LogP contribution in [0.5, 0.6) is 11.5 Å². The Morgan fingerprint density at radius 1 is 0.974 bits per heavy atom. The molecule has 1 N–H and O–H groups in total. The molecular formula is C30H29Cl2NO6. The lowest BCUT2D eigenvalue weighted by molar-refractivity contribution is -0.137. The molecule has 0 radical (unpaired) electrons. The zero-order valence-corrected chi connectivity index (χ0v) is 23.1. The van der Waals surface area contributed by atoms with E-state index in [-0.39, 0.29) is 31.1 Å². The molecule has 1 aliphatic heterocycles. The molecule has 0 unspecified atom stereocenters. The maximum absolute atomic E-state index is 13.4.